The fourth-order valence-electron chi connectivity index (χ4n) is 5.01. The maximum Gasteiger partial charge on any atom is 1.00 e. The van der Waals surface area contributed by atoms with Gasteiger partial charge in [-0.3, -0.25) is 4.79 Å². The number of amides is 1. The average molecular weight is 976 g/mol. The van der Waals surface area contributed by atoms with E-state index in [-0.39, 0.29) is 231 Å². The Kier molecular flexibility index (Phi) is 25.3. The number of nitrogens with zero attached hydrogens (tertiary/aromatic N) is 5. The molecule has 0 fully saturated rings. The molecule has 3 rings (SSSR count). The average Bonchev–Trinajstić information content (AvgIpc) is 3.37. The molecule has 1 amide bonds. The van der Waals surface area contributed by atoms with E-state index < -0.39 is 74.2 Å². The first kappa shape index (κ1) is 57.7. The maximum atomic E-state index is 13.1. The van der Waals surface area contributed by atoms with Crippen LogP contribution < -0.4 is 164 Å². The Morgan fingerprint density at radius 3 is 1.75 bits per heavy atom. The standard InChI is InChI=1S/C29H38Cl2N6O12S4.3K/c1-18(2)26-28(50(4,39)40)29(37(35-26)27-22(30)16-21(17-23(27)31)53(47,48)49)34-33-24-10-9-20(15-25(24)32-19(3)38)36(11-5-7-13-51(41,42)43)12-6-8-14-52(44,45)46;;;/h9-10,15-18H,5-8,11-14H2,1-4H3,(H,32,38)(H,41,42,43)(H,44,45,46)(H,47,48,49);;;/q;3*+1/p-3. The number of anilines is 2. The Balaban J connectivity index is 0.0000101. The summed E-state index contributed by atoms with van der Waals surface area (Å²) in [7, 11) is -18.0. The summed E-state index contributed by atoms with van der Waals surface area (Å²) >= 11 is 12.7. The molecule has 1 aromatic heterocycles. The molecular formula is C29H35Cl2K3N6O12S4. The van der Waals surface area contributed by atoms with Gasteiger partial charge in [-0.15, -0.1) is 10.2 Å². The van der Waals surface area contributed by atoms with Gasteiger partial charge in [0.1, 0.15) is 26.4 Å². The zero-order valence-corrected chi connectivity index (χ0v) is 45.8. The Bertz CT molecular complexity index is 2290. The van der Waals surface area contributed by atoms with Crippen molar-refractivity contribution < 1.29 is 206 Å². The van der Waals surface area contributed by atoms with Crippen molar-refractivity contribution in [2.45, 2.75) is 62.2 Å². The van der Waals surface area contributed by atoms with E-state index in [1.165, 1.54) is 19.1 Å². The third-order valence-corrected chi connectivity index (χ3v) is 11.4. The third kappa shape index (κ3) is 18.2. The number of azo groups is 1. The van der Waals surface area contributed by atoms with Crippen molar-refractivity contribution in [3.63, 3.8) is 0 Å². The Labute approximate surface area is 464 Å². The number of benzene rings is 2. The molecule has 3 aromatic rings. The number of carbonyl (C=O) groups excluding carboxylic acids is 1. The fraction of sp³-hybridized carbons (Fsp3) is 0.448. The number of halogens is 2. The van der Waals surface area contributed by atoms with Gasteiger partial charge in [-0.2, -0.15) is 5.10 Å². The van der Waals surface area contributed by atoms with Crippen molar-refractivity contribution in [1.82, 2.24) is 9.78 Å². The molecule has 0 aliphatic heterocycles. The Morgan fingerprint density at radius 1 is 0.839 bits per heavy atom. The molecule has 0 aliphatic carbocycles. The van der Waals surface area contributed by atoms with Crippen LogP contribution in [0.3, 0.4) is 0 Å². The normalized spacial score (nSPS) is 12.2. The van der Waals surface area contributed by atoms with Gasteiger partial charge in [0.2, 0.25) is 5.91 Å². The molecule has 0 saturated heterocycles. The van der Waals surface area contributed by atoms with Crippen molar-refractivity contribution in [2.75, 3.05) is 41.1 Å². The summed E-state index contributed by atoms with van der Waals surface area (Å²) in [6.45, 7) is 4.90. The van der Waals surface area contributed by atoms with Crippen molar-refractivity contribution in [3.05, 3.63) is 46.1 Å². The molecule has 0 radical (unpaired) electrons. The number of sulfone groups is 1. The number of carbonyl (C=O) groups is 1. The van der Waals surface area contributed by atoms with Gasteiger partial charge >= 0.3 is 154 Å². The van der Waals surface area contributed by atoms with Gasteiger partial charge in [0.15, 0.2) is 15.7 Å². The summed E-state index contributed by atoms with van der Waals surface area (Å²) in [4.78, 5) is 12.9. The van der Waals surface area contributed by atoms with E-state index in [0.29, 0.717) is 5.69 Å². The first-order valence-corrected chi connectivity index (χ1v) is 22.7. The molecule has 0 aliphatic rings. The summed E-state index contributed by atoms with van der Waals surface area (Å²) in [5.41, 5.74) is 0.330. The number of unbranched alkanes of at least 4 members (excludes halogenated alkanes) is 2. The summed E-state index contributed by atoms with van der Waals surface area (Å²) in [5, 5.41) is 14.6. The van der Waals surface area contributed by atoms with Crippen LogP contribution in [0.5, 0.6) is 0 Å². The largest absolute Gasteiger partial charge is 1.00 e. The predicted molar refractivity (Wildman–Crippen MR) is 193 cm³/mol. The number of nitrogens with one attached hydrogen (secondary N) is 1. The molecule has 56 heavy (non-hydrogen) atoms. The van der Waals surface area contributed by atoms with E-state index in [1.807, 2.05) is 0 Å². The summed E-state index contributed by atoms with van der Waals surface area (Å²) < 4.78 is 129. The van der Waals surface area contributed by atoms with Gasteiger partial charge < -0.3 is 23.9 Å². The molecule has 0 spiro atoms. The van der Waals surface area contributed by atoms with Crippen LogP contribution in [0.1, 0.15) is 58.1 Å². The number of rotatable bonds is 18. The van der Waals surface area contributed by atoms with E-state index in [2.05, 4.69) is 20.6 Å². The zero-order valence-electron chi connectivity index (χ0n) is 31.6. The zero-order chi connectivity index (χ0) is 40.1. The van der Waals surface area contributed by atoms with Crippen molar-refractivity contribution in [2.24, 2.45) is 10.2 Å². The second kappa shape index (κ2) is 24.5. The molecule has 0 bridgehead atoms. The SMILES string of the molecule is CC(=O)Nc1cc(N(CCCCS(=O)(=O)[O-])CCCCS(=O)(=O)[O-])ccc1N=Nc1c(S(C)(=O)=O)c(C(C)C)nn1-c1c(Cl)cc(S(=O)(=O)[O-])cc1Cl.[K+].[K+].[K+]. The van der Waals surface area contributed by atoms with Crippen LogP contribution in [0.2, 0.25) is 10.0 Å². The first-order valence-electron chi connectivity index (χ1n) is 15.5. The second-order valence-electron chi connectivity index (χ2n) is 12.1. The van der Waals surface area contributed by atoms with Crippen LogP contribution in [0.4, 0.5) is 22.9 Å². The van der Waals surface area contributed by atoms with Crippen LogP contribution in [0.25, 0.3) is 5.69 Å². The Morgan fingerprint density at radius 2 is 1.34 bits per heavy atom. The van der Waals surface area contributed by atoms with E-state index in [1.54, 1.807) is 24.8 Å². The number of hydrogen-bond donors (Lipinski definition) is 1. The van der Waals surface area contributed by atoms with E-state index in [9.17, 15) is 52.1 Å². The van der Waals surface area contributed by atoms with Gasteiger partial charge in [-0.05, 0) is 61.9 Å². The minimum atomic E-state index is -4.99. The molecule has 0 saturated carbocycles. The van der Waals surface area contributed by atoms with Crippen LogP contribution in [0, 0.1) is 0 Å². The molecule has 18 nitrogen and oxygen atoms in total. The van der Waals surface area contributed by atoms with Crippen LogP contribution in [-0.2, 0) is 45.0 Å². The molecule has 294 valence electrons. The summed E-state index contributed by atoms with van der Waals surface area (Å²) in [6, 6.07) is 6.08. The molecule has 1 N–H and O–H groups in total. The quantitative estimate of drug-likeness (QED) is 0.0544. The Hall–Kier alpha value is 1.69. The van der Waals surface area contributed by atoms with Crippen molar-refractivity contribution >= 4 is 92.2 Å². The topological polar surface area (TPSA) is 281 Å². The van der Waals surface area contributed by atoms with Crippen LogP contribution in [0.15, 0.2) is 50.4 Å². The molecule has 0 unspecified atom stereocenters. The first-order chi connectivity index (χ1) is 24.3. The van der Waals surface area contributed by atoms with Gasteiger partial charge in [0.05, 0.1) is 46.6 Å². The minimum Gasteiger partial charge on any atom is -0.748 e. The van der Waals surface area contributed by atoms with Gasteiger partial charge in [-0.25, -0.2) is 38.4 Å². The van der Waals surface area contributed by atoms with Crippen molar-refractivity contribution in [1.29, 1.82) is 0 Å². The van der Waals surface area contributed by atoms with Gasteiger partial charge in [0, 0.05) is 43.5 Å². The number of hydrogen-bond acceptors (Lipinski definition) is 16. The molecule has 0 atom stereocenters. The summed E-state index contributed by atoms with van der Waals surface area (Å²) in [5.74, 6) is -2.67. The summed E-state index contributed by atoms with van der Waals surface area (Å²) in [6.07, 6.45) is 1.43. The fourth-order valence-corrected chi connectivity index (χ4v) is 8.54. The van der Waals surface area contributed by atoms with Crippen molar-refractivity contribution in [3.8, 4) is 5.69 Å². The van der Waals surface area contributed by atoms with E-state index in [0.717, 1.165) is 23.1 Å². The van der Waals surface area contributed by atoms with E-state index >= 15 is 0 Å². The smallest absolute Gasteiger partial charge is 0.748 e. The van der Waals surface area contributed by atoms with Gasteiger partial charge in [-0.1, -0.05) is 37.0 Å². The predicted octanol–water partition coefficient (Wildman–Crippen LogP) is -4.55. The molecular weight excluding hydrogens is 941 g/mol. The van der Waals surface area contributed by atoms with Crippen LogP contribution in [-0.4, -0.2) is 93.9 Å². The molecule has 27 heteroatoms. The second-order valence-corrected chi connectivity index (χ2v) is 19.3. The monoisotopic (exact) mass is 974 g/mol. The van der Waals surface area contributed by atoms with E-state index in [4.69, 9.17) is 23.2 Å². The molecule has 1 heterocycles. The van der Waals surface area contributed by atoms with Crippen LogP contribution >= 0.6 is 23.2 Å². The number of aromatic nitrogens is 2. The maximum absolute atomic E-state index is 13.1. The van der Waals surface area contributed by atoms with Gasteiger partial charge in [0.25, 0.3) is 0 Å². The molecule has 2 aromatic carbocycles. The third-order valence-electron chi connectivity index (χ3n) is 7.31. The minimum absolute atomic E-state index is 0.